The lowest BCUT2D eigenvalue weighted by molar-refractivity contribution is -0.136. The second-order valence-corrected chi connectivity index (χ2v) is 5.18. The number of nitrogens with zero attached hydrogens (tertiary/aromatic N) is 1. The summed E-state index contributed by atoms with van der Waals surface area (Å²) in [5, 5.41) is -0.862. The molecular formula is C8H14N2O4S. The van der Waals surface area contributed by atoms with Crippen LogP contribution in [0.1, 0.15) is 6.92 Å². The number of hydrogen-bond acceptors (Lipinski definition) is 6. The summed E-state index contributed by atoms with van der Waals surface area (Å²) in [6, 6.07) is 0. The number of carbonyl (C=O) groups excluding carboxylic acids is 1. The molecule has 0 rings (SSSR count). The summed E-state index contributed by atoms with van der Waals surface area (Å²) < 4.78 is 26.2. The second-order valence-electron chi connectivity index (χ2n) is 2.84. The van der Waals surface area contributed by atoms with E-state index in [1.54, 1.807) is 0 Å². The Bertz CT molecular complexity index is 383. The van der Waals surface area contributed by atoms with Crippen molar-refractivity contribution >= 4 is 22.0 Å². The normalized spacial score (nSPS) is 15.3. The smallest absolute Gasteiger partial charge is 0.353 e. The maximum atomic E-state index is 10.9. The molecule has 0 aliphatic carbocycles. The zero-order valence-electron chi connectivity index (χ0n) is 8.80. The van der Waals surface area contributed by atoms with Gasteiger partial charge in [-0.25, -0.2) is 13.2 Å². The Labute approximate surface area is 88.7 Å². The minimum atomic E-state index is -3.21. The molecule has 0 saturated heterocycles. The summed E-state index contributed by atoms with van der Waals surface area (Å²) in [7, 11) is -2.02. The molecule has 86 valence electrons. The molecule has 0 aromatic heterocycles. The van der Waals surface area contributed by atoms with Crippen LogP contribution in [0.15, 0.2) is 16.8 Å². The third kappa shape index (κ3) is 5.16. The first-order valence-electron chi connectivity index (χ1n) is 4.05. The fourth-order valence-electron chi connectivity index (χ4n) is 0.541. The first-order valence-corrected chi connectivity index (χ1v) is 6.00. The van der Waals surface area contributed by atoms with Gasteiger partial charge in [-0.05, 0) is 13.0 Å². The summed E-state index contributed by atoms with van der Waals surface area (Å²) in [6.45, 7) is 1.42. The number of aliphatic imine (C=N–C) groups is 1. The van der Waals surface area contributed by atoms with Gasteiger partial charge in [0.2, 0.25) is 0 Å². The van der Waals surface area contributed by atoms with Crippen molar-refractivity contribution in [3.8, 4) is 0 Å². The summed E-state index contributed by atoms with van der Waals surface area (Å²) >= 11 is 0. The van der Waals surface area contributed by atoms with Gasteiger partial charge >= 0.3 is 5.97 Å². The van der Waals surface area contributed by atoms with Crippen molar-refractivity contribution < 1.29 is 17.9 Å². The maximum absolute atomic E-state index is 10.9. The first kappa shape index (κ1) is 13.6. The lowest BCUT2D eigenvalue weighted by Gasteiger charge is -2.01. The fourth-order valence-corrected chi connectivity index (χ4v) is 0.832. The van der Waals surface area contributed by atoms with E-state index in [1.807, 2.05) is 0 Å². The lowest BCUT2D eigenvalue weighted by atomic mass is 10.4. The molecule has 6 nitrogen and oxygen atoms in total. The predicted octanol–water partition coefficient (Wildman–Crippen LogP) is -0.537. The quantitative estimate of drug-likeness (QED) is 0.400. The number of ether oxygens (including phenoxy) is 1. The van der Waals surface area contributed by atoms with Crippen molar-refractivity contribution in [2.24, 2.45) is 10.7 Å². The van der Waals surface area contributed by atoms with Crippen LogP contribution in [0.4, 0.5) is 0 Å². The molecule has 0 spiro atoms. The molecule has 0 bridgehead atoms. The molecule has 1 unspecified atom stereocenters. The number of nitrogens with two attached hydrogens (primary N) is 1. The van der Waals surface area contributed by atoms with E-state index in [2.05, 4.69) is 9.73 Å². The van der Waals surface area contributed by atoms with Crippen LogP contribution in [0.2, 0.25) is 0 Å². The number of allylic oxidation sites excluding steroid dienone is 1. The fraction of sp³-hybridized carbons (Fsp3) is 0.500. The van der Waals surface area contributed by atoms with Crippen molar-refractivity contribution in [1.29, 1.82) is 0 Å². The summed E-state index contributed by atoms with van der Waals surface area (Å²) in [5.41, 5.74) is 5.13. The monoisotopic (exact) mass is 234 g/mol. The van der Waals surface area contributed by atoms with Crippen LogP contribution < -0.4 is 5.73 Å². The van der Waals surface area contributed by atoms with Gasteiger partial charge in [0.15, 0.2) is 9.84 Å². The number of rotatable bonds is 4. The van der Waals surface area contributed by atoms with Gasteiger partial charge in [-0.3, -0.25) is 4.99 Å². The molecule has 0 aliphatic rings. The van der Waals surface area contributed by atoms with Crippen LogP contribution in [0.25, 0.3) is 0 Å². The Morgan fingerprint density at radius 2 is 2.07 bits per heavy atom. The predicted molar refractivity (Wildman–Crippen MR) is 57.1 cm³/mol. The van der Waals surface area contributed by atoms with E-state index in [0.29, 0.717) is 0 Å². The molecule has 0 amide bonds. The standard InChI is InChI=1S/C8H14N2O4S/c1-6(15(3,12)13)10-5-4-7(9)8(11)14-2/h4-6H,9H2,1-3H3/b7-4-,10-5+. The second kappa shape index (κ2) is 5.50. The van der Waals surface area contributed by atoms with E-state index in [1.165, 1.54) is 20.1 Å². The number of sulfone groups is 1. The van der Waals surface area contributed by atoms with E-state index in [9.17, 15) is 13.2 Å². The Kier molecular flexibility index (Phi) is 4.99. The van der Waals surface area contributed by atoms with E-state index in [4.69, 9.17) is 5.73 Å². The van der Waals surface area contributed by atoms with Gasteiger partial charge in [0.05, 0.1) is 7.11 Å². The van der Waals surface area contributed by atoms with Gasteiger partial charge in [-0.15, -0.1) is 0 Å². The van der Waals surface area contributed by atoms with Crippen molar-refractivity contribution in [2.75, 3.05) is 13.4 Å². The van der Waals surface area contributed by atoms with Gasteiger partial charge in [-0.1, -0.05) is 0 Å². The average Bonchev–Trinajstić information content (AvgIpc) is 2.14. The SMILES string of the molecule is COC(=O)/C(N)=C/C=N/C(C)S(C)(=O)=O. The number of hydrogen-bond donors (Lipinski definition) is 1. The summed E-state index contributed by atoms with van der Waals surface area (Å²) in [6.07, 6.45) is 3.42. The highest BCUT2D eigenvalue weighted by Gasteiger charge is 2.11. The van der Waals surface area contributed by atoms with Crippen LogP contribution in [0, 0.1) is 0 Å². The van der Waals surface area contributed by atoms with Crippen LogP contribution in [-0.2, 0) is 19.4 Å². The van der Waals surface area contributed by atoms with E-state index < -0.39 is 21.2 Å². The highest BCUT2D eigenvalue weighted by Crippen LogP contribution is 1.98. The van der Waals surface area contributed by atoms with Crippen LogP contribution in [0.5, 0.6) is 0 Å². The molecule has 0 radical (unpaired) electrons. The Morgan fingerprint density at radius 1 is 1.53 bits per heavy atom. The molecule has 0 saturated carbocycles. The maximum Gasteiger partial charge on any atom is 0.353 e. The molecule has 0 aliphatic heterocycles. The van der Waals surface area contributed by atoms with Crippen LogP contribution in [0.3, 0.4) is 0 Å². The molecule has 0 aromatic rings. The Balaban J connectivity index is 4.51. The zero-order chi connectivity index (χ0) is 12.1. The van der Waals surface area contributed by atoms with Crippen molar-refractivity contribution in [3.63, 3.8) is 0 Å². The molecule has 15 heavy (non-hydrogen) atoms. The van der Waals surface area contributed by atoms with Gasteiger partial charge in [-0.2, -0.15) is 0 Å². The average molecular weight is 234 g/mol. The molecular weight excluding hydrogens is 220 g/mol. The molecule has 0 heterocycles. The van der Waals surface area contributed by atoms with Gasteiger partial charge in [0.25, 0.3) is 0 Å². The number of methoxy groups -OCH3 is 1. The van der Waals surface area contributed by atoms with Gasteiger partial charge in [0, 0.05) is 12.5 Å². The highest BCUT2D eigenvalue weighted by molar-refractivity contribution is 7.91. The molecule has 0 aromatic carbocycles. The van der Waals surface area contributed by atoms with Crippen LogP contribution >= 0.6 is 0 Å². The zero-order valence-corrected chi connectivity index (χ0v) is 9.61. The molecule has 2 N–H and O–H groups in total. The summed E-state index contributed by atoms with van der Waals surface area (Å²) in [5.74, 6) is -0.687. The molecule has 1 atom stereocenters. The topological polar surface area (TPSA) is 98.8 Å². The Morgan fingerprint density at radius 3 is 2.47 bits per heavy atom. The third-order valence-electron chi connectivity index (χ3n) is 1.59. The minimum Gasteiger partial charge on any atom is -0.464 e. The number of carbonyl (C=O) groups is 1. The lowest BCUT2D eigenvalue weighted by Crippen LogP contribution is -2.14. The van der Waals surface area contributed by atoms with E-state index in [-0.39, 0.29) is 5.70 Å². The van der Waals surface area contributed by atoms with Crippen molar-refractivity contribution in [3.05, 3.63) is 11.8 Å². The van der Waals surface area contributed by atoms with Gasteiger partial charge in [0.1, 0.15) is 11.1 Å². The van der Waals surface area contributed by atoms with Gasteiger partial charge < -0.3 is 10.5 Å². The minimum absolute atomic E-state index is 0.137. The Hall–Kier alpha value is -1.37. The third-order valence-corrected chi connectivity index (χ3v) is 2.95. The molecule has 7 heteroatoms. The summed E-state index contributed by atoms with van der Waals surface area (Å²) in [4.78, 5) is 14.5. The van der Waals surface area contributed by atoms with E-state index >= 15 is 0 Å². The number of esters is 1. The van der Waals surface area contributed by atoms with Crippen LogP contribution in [-0.4, -0.2) is 39.3 Å². The highest BCUT2D eigenvalue weighted by atomic mass is 32.2. The van der Waals surface area contributed by atoms with Crippen molar-refractivity contribution in [2.45, 2.75) is 12.3 Å². The van der Waals surface area contributed by atoms with E-state index in [0.717, 1.165) is 12.5 Å². The first-order chi connectivity index (χ1) is 6.79. The van der Waals surface area contributed by atoms with Crippen molar-refractivity contribution in [1.82, 2.24) is 0 Å². The largest absolute Gasteiger partial charge is 0.464 e. The molecule has 0 fully saturated rings.